The molecule has 0 aliphatic heterocycles. The van der Waals surface area contributed by atoms with Gasteiger partial charge in [0.25, 0.3) is 0 Å². The molecule has 0 radical (unpaired) electrons. The molecular weight excluding hydrogens is 300 g/mol. The summed E-state index contributed by atoms with van der Waals surface area (Å²) in [5.41, 5.74) is 3.96. The van der Waals surface area contributed by atoms with Crippen molar-refractivity contribution in [3.05, 3.63) is 47.3 Å². The second kappa shape index (κ2) is 6.71. The first kappa shape index (κ1) is 16.6. The van der Waals surface area contributed by atoms with Crippen LogP contribution in [0.25, 0.3) is 0 Å². The summed E-state index contributed by atoms with van der Waals surface area (Å²) >= 11 is 0. The van der Waals surface area contributed by atoms with E-state index in [0.29, 0.717) is 6.04 Å². The second-order valence-corrected chi connectivity index (χ2v) is 6.83. The van der Waals surface area contributed by atoms with Crippen molar-refractivity contribution in [3.63, 3.8) is 0 Å². The number of anilines is 1. The van der Waals surface area contributed by atoms with E-state index in [2.05, 4.69) is 16.8 Å². The predicted octanol–water partition coefficient (Wildman–Crippen LogP) is 4.52. The Balaban J connectivity index is 1.71. The number of ether oxygens (including phenoxy) is 1. The Morgan fingerprint density at radius 2 is 2.00 bits per heavy atom. The molecule has 4 heteroatoms. The molecule has 0 spiro atoms. The zero-order valence-electron chi connectivity index (χ0n) is 14.9. The molecule has 24 heavy (non-hydrogen) atoms. The molecule has 1 aliphatic rings. The van der Waals surface area contributed by atoms with Crippen molar-refractivity contribution in [3.8, 4) is 5.75 Å². The summed E-state index contributed by atoms with van der Waals surface area (Å²) < 4.78 is 8.10. The molecule has 1 fully saturated rings. The molecule has 1 aromatic carbocycles. The number of hydrogen-bond acceptors (Lipinski definition) is 3. The van der Waals surface area contributed by atoms with Crippen molar-refractivity contribution in [1.29, 1.82) is 0 Å². The van der Waals surface area contributed by atoms with Crippen LogP contribution in [0.5, 0.6) is 5.75 Å². The summed E-state index contributed by atoms with van der Waals surface area (Å²) in [6, 6.07) is 10.4. The number of aromatic nitrogens is 1. The summed E-state index contributed by atoms with van der Waals surface area (Å²) in [4.78, 5) is 12.7. The van der Waals surface area contributed by atoms with Gasteiger partial charge in [-0.15, -0.1) is 0 Å². The van der Waals surface area contributed by atoms with E-state index in [0.717, 1.165) is 22.7 Å². The Kier molecular flexibility index (Phi) is 4.65. The minimum Gasteiger partial charge on any atom is -0.489 e. The third kappa shape index (κ3) is 3.48. The first-order chi connectivity index (χ1) is 11.5. The van der Waals surface area contributed by atoms with Crippen LogP contribution in [0.4, 0.5) is 5.69 Å². The largest absolute Gasteiger partial charge is 0.489 e. The molecule has 4 nitrogen and oxygen atoms in total. The van der Waals surface area contributed by atoms with Gasteiger partial charge >= 0.3 is 0 Å². The van der Waals surface area contributed by atoms with Crippen molar-refractivity contribution in [2.45, 2.75) is 52.7 Å². The molecule has 1 N–H and O–H groups in total. The number of nitrogens with one attached hydrogen (secondary N) is 1. The number of nitrogens with zero attached hydrogens (tertiary/aromatic N) is 1. The molecule has 0 atom stereocenters. The molecule has 1 aromatic heterocycles. The van der Waals surface area contributed by atoms with E-state index >= 15 is 0 Å². The number of carbonyl (C=O) groups is 1. The van der Waals surface area contributed by atoms with Crippen LogP contribution in [-0.2, 0) is 0 Å². The monoisotopic (exact) mass is 326 g/mol. The molecule has 128 valence electrons. The first-order valence-electron chi connectivity index (χ1n) is 8.68. The minimum absolute atomic E-state index is 0.0983. The second-order valence-electron chi connectivity index (χ2n) is 6.83. The van der Waals surface area contributed by atoms with Gasteiger partial charge in [-0.2, -0.15) is 0 Å². The van der Waals surface area contributed by atoms with Crippen LogP contribution in [-0.4, -0.2) is 23.0 Å². The smallest absolute Gasteiger partial charge is 0.183 e. The molecule has 0 saturated heterocycles. The Morgan fingerprint density at radius 1 is 1.29 bits per heavy atom. The van der Waals surface area contributed by atoms with E-state index < -0.39 is 0 Å². The van der Waals surface area contributed by atoms with Gasteiger partial charge in [0.15, 0.2) is 5.78 Å². The van der Waals surface area contributed by atoms with Gasteiger partial charge in [0.2, 0.25) is 0 Å². The van der Waals surface area contributed by atoms with Crippen molar-refractivity contribution >= 4 is 11.5 Å². The third-order valence-corrected chi connectivity index (χ3v) is 4.39. The normalized spacial score (nSPS) is 14.0. The molecular formula is C20H26N2O2. The van der Waals surface area contributed by atoms with Crippen LogP contribution < -0.4 is 10.1 Å². The van der Waals surface area contributed by atoms with E-state index in [1.54, 1.807) is 0 Å². The molecule has 1 heterocycles. The molecule has 0 bridgehead atoms. The lowest BCUT2D eigenvalue weighted by Gasteiger charge is -2.15. The topological polar surface area (TPSA) is 43.3 Å². The van der Waals surface area contributed by atoms with Gasteiger partial charge in [-0.1, -0.05) is 12.1 Å². The SMILES string of the molecule is Cc1cc(C(=O)CNc2ccccc2OC(C)C)c(C)n1C1CC1. The molecule has 1 aliphatic carbocycles. The number of para-hydroxylation sites is 2. The van der Waals surface area contributed by atoms with Crippen LogP contribution in [0.15, 0.2) is 30.3 Å². The van der Waals surface area contributed by atoms with Gasteiger partial charge in [-0.3, -0.25) is 4.79 Å². The summed E-state index contributed by atoms with van der Waals surface area (Å²) in [6.45, 7) is 8.40. The Labute approximate surface area is 143 Å². The zero-order chi connectivity index (χ0) is 17.3. The summed E-state index contributed by atoms with van der Waals surface area (Å²) in [7, 11) is 0. The van der Waals surface area contributed by atoms with Gasteiger partial charge in [0.1, 0.15) is 5.75 Å². The Bertz CT molecular complexity index is 742. The highest BCUT2D eigenvalue weighted by molar-refractivity contribution is 6.00. The lowest BCUT2D eigenvalue weighted by molar-refractivity contribution is 0.101. The van der Waals surface area contributed by atoms with Gasteiger partial charge in [0.05, 0.1) is 18.3 Å². The van der Waals surface area contributed by atoms with Crippen molar-refractivity contribution < 1.29 is 9.53 Å². The van der Waals surface area contributed by atoms with E-state index in [9.17, 15) is 4.79 Å². The minimum atomic E-state index is 0.0983. The number of aryl methyl sites for hydroxylation is 1. The van der Waals surface area contributed by atoms with Crippen molar-refractivity contribution in [2.24, 2.45) is 0 Å². The molecule has 0 amide bonds. The van der Waals surface area contributed by atoms with E-state index in [1.165, 1.54) is 18.5 Å². The third-order valence-electron chi connectivity index (χ3n) is 4.39. The molecule has 0 unspecified atom stereocenters. The predicted molar refractivity (Wildman–Crippen MR) is 97.2 cm³/mol. The maximum absolute atomic E-state index is 12.7. The quantitative estimate of drug-likeness (QED) is 0.761. The maximum atomic E-state index is 12.7. The van der Waals surface area contributed by atoms with E-state index in [-0.39, 0.29) is 18.4 Å². The number of hydrogen-bond donors (Lipinski definition) is 1. The highest BCUT2D eigenvalue weighted by Gasteiger charge is 2.28. The van der Waals surface area contributed by atoms with Crippen LogP contribution in [0, 0.1) is 13.8 Å². The van der Waals surface area contributed by atoms with Gasteiger partial charge < -0.3 is 14.6 Å². The van der Waals surface area contributed by atoms with Crippen molar-refractivity contribution in [2.75, 3.05) is 11.9 Å². The summed E-state index contributed by atoms with van der Waals surface area (Å²) in [5.74, 6) is 0.901. The molecule has 2 aromatic rings. The molecule has 3 rings (SSSR count). The first-order valence-corrected chi connectivity index (χ1v) is 8.68. The van der Waals surface area contributed by atoms with E-state index in [4.69, 9.17) is 4.74 Å². The Morgan fingerprint density at radius 3 is 2.67 bits per heavy atom. The number of rotatable bonds is 7. The lowest BCUT2D eigenvalue weighted by Crippen LogP contribution is -2.16. The van der Waals surface area contributed by atoms with Crippen LogP contribution >= 0.6 is 0 Å². The number of benzene rings is 1. The summed E-state index contributed by atoms with van der Waals surface area (Å²) in [6.07, 6.45) is 2.55. The maximum Gasteiger partial charge on any atom is 0.183 e. The average molecular weight is 326 g/mol. The van der Waals surface area contributed by atoms with Gasteiger partial charge in [-0.05, 0) is 58.7 Å². The number of Topliss-reactive ketones (excluding diaryl/α,β-unsaturated/α-hetero) is 1. The zero-order valence-corrected chi connectivity index (χ0v) is 14.9. The number of carbonyl (C=O) groups excluding carboxylic acids is 1. The van der Waals surface area contributed by atoms with Crippen LogP contribution in [0.1, 0.15) is 54.5 Å². The fourth-order valence-corrected chi connectivity index (χ4v) is 3.19. The summed E-state index contributed by atoms with van der Waals surface area (Å²) in [5, 5.41) is 3.23. The average Bonchev–Trinajstić information content (AvgIpc) is 3.31. The van der Waals surface area contributed by atoms with Crippen molar-refractivity contribution in [1.82, 2.24) is 4.57 Å². The molecule has 1 saturated carbocycles. The lowest BCUT2D eigenvalue weighted by atomic mass is 10.1. The highest BCUT2D eigenvalue weighted by atomic mass is 16.5. The standard InChI is InChI=1S/C20H26N2O2/c1-13(2)24-20-8-6-5-7-18(20)21-12-19(23)17-11-14(3)22(15(17)4)16-9-10-16/h5-8,11,13,16,21H,9-10,12H2,1-4H3. The van der Waals surface area contributed by atoms with Crippen LogP contribution in [0.3, 0.4) is 0 Å². The Hall–Kier alpha value is -2.23. The van der Waals surface area contributed by atoms with Crippen LogP contribution in [0.2, 0.25) is 0 Å². The fourth-order valence-electron chi connectivity index (χ4n) is 3.19. The highest BCUT2D eigenvalue weighted by Crippen LogP contribution is 2.38. The van der Waals surface area contributed by atoms with E-state index in [1.807, 2.05) is 51.1 Å². The van der Waals surface area contributed by atoms with Gasteiger partial charge in [0, 0.05) is 23.0 Å². The fraction of sp³-hybridized carbons (Fsp3) is 0.450. The number of ketones is 1. The van der Waals surface area contributed by atoms with Gasteiger partial charge in [-0.25, -0.2) is 0 Å².